The van der Waals surface area contributed by atoms with Crippen LogP contribution in [0.2, 0.25) is 0 Å². The largest absolute Gasteiger partial charge is 0.368 e. The lowest BCUT2D eigenvalue weighted by Gasteiger charge is -2.35. The minimum Gasteiger partial charge on any atom is -0.368 e. The first kappa shape index (κ1) is 18.4. The zero-order valence-corrected chi connectivity index (χ0v) is 16.1. The first-order chi connectivity index (χ1) is 13.5. The van der Waals surface area contributed by atoms with Crippen molar-refractivity contribution >= 4 is 16.7 Å². The van der Waals surface area contributed by atoms with Crippen molar-refractivity contribution < 1.29 is 4.39 Å². The van der Waals surface area contributed by atoms with E-state index >= 15 is 0 Å². The lowest BCUT2D eigenvalue weighted by molar-refractivity contribution is 0.418. The van der Waals surface area contributed by atoms with Gasteiger partial charge in [-0.1, -0.05) is 0 Å². The Bertz CT molecular complexity index is 1050. The molecule has 0 spiro atoms. The Labute approximate surface area is 163 Å². The third-order valence-electron chi connectivity index (χ3n) is 5.35. The molecule has 1 aromatic carbocycles. The summed E-state index contributed by atoms with van der Waals surface area (Å²) in [5.41, 5.74) is 3.90. The number of aryl methyl sites for hydroxylation is 2. The summed E-state index contributed by atoms with van der Waals surface area (Å²) < 4.78 is 16.2. The van der Waals surface area contributed by atoms with E-state index in [1.165, 1.54) is 6.07 Å². The number of pyridine rings is 1. The van der Waals surface area contributed by atoms with Crippen LogP contribution in [-0.4, -0.2) is 33.9 Å². The molecule has 0 amide bonds. The summed E-state index contributed by atoms with van der Waals surface area (Å²) >= 11 is 0. The minimum atomic E-state index is -0.332. The van der Waals surface area contributed by atoms with Crippen LogP contribution >= 0.6 is 0 Å². The summed E-state index contributed by atoms with van der Waals surface area (Å²) in [6.45, 7) is 4.27. The fourth-order valence-electron chi connectivity index (χ4n) is 3.91. The van der Waals surface area contributed by atoms with Gasteiger partial charge in [0.15, 0.2) is 5.65 Å². The van der Waals surface area contributed by atoms with Gasteiger partial charge in [-0.2, -0.15) is 10.4 Å². The van der Waals surface area contributed by atoms with E-state index < -0.39 is 0 Å². The smallest absolute Gasteiger partial charge is 0.157 e. The van der Waals surface area contributed by atoms with Gasteiger partial charge in [-0.3, -0.25) is 4.68 Å². The van der Waals surface area contributed by atoms with Crippen molar-refractivity contribution in [2.24, 2.45) is 7.05 Å². The quantitative estimate of drug-likeness (QED) is 0.756. The van der Waals surface area contributed by atoms with Crippen LogP contribution in [0, 0.1) is 24.1 Å². The third kappa shape index (κ3) is 3.56. The molecule has 0 aliphatic carbocycles. The van der Waals surface area contributed by atoms with Gasteiger partial charge < -0.3 is 10.2 Å². The third-order valence-corrected chi connectivity index (χ3v) is 5.35. The van der Waals surface area contributed by atoms with E-state index in [2.05, 4.69) is 26.4 Å². The van der Waals surface area contributed by atoms with Crippen LogP contribution in [-0.2, 0) is 13.6 Å². The Morgan fingerprint density at radius 2 is 2.21 bits per heavy atom. The van der Waals surface area contributed by atoms with Crippen LogP contribution in [0.3, 0.4) is 0 Å². The SMILES string of the molecule is Cc1nn(C)c2ncc(CNC3CCCN(c4ccc(C#N)cc4F)C3)cc12. The fraction of sp³-hybridized carbons (Fsp3) is 0.381. The van der Waals surface area contributed by atoms with Gasteiger partial charge in [-0.15, -0.1) is 0 Å². The lowest BCUT2D eigenvalue weighted by atomic mass is 10.0. The van der Waals surface area contributed by atoms with Crippen LogP contribution in [0.5, 0.6) is 0 Å². The molecule has 0 radical (unpaired) electrons. The van der Waals surface area contributed by atoms with Gasteiger partial charge >= 0.3 is 0 Å². The molecule has 1 atom stereocenters. The predicted octanol–water partition coefficient (Wildman–Crippen LogP) is 3.05. The van der Waals surface area contributed by atoms with Gasteiger partial charge in [-0.05, 0) is 49.6 Å². The first-order valence-corrected chi connectivity index (χ1v) is 9.51. The number of hydrogen-bond donors (Lipinski definition) is 1. The molecular weight excluding hydrogens is 355 g/mol. The number of halogens is 1. The topological polar surface area (TPSA) is 69.8 Å². The van der Waals surface area contributed by atoms with Crippen LogP contribution in [0.4, 0.5) is 10.1 Å². The van der Waals surface area contributed by atoms with E-state index in [1.807, 2.05) is 26.2 Å². The second kappa shape index (κ2) is 7.56. The molecular formula is C21H23FN6. The number of nitriles is 1. The molecule has 0 bridgehead atoms. The molecule has 7 heteroatoms. The van der Waals surface area contributed by atoms with Crippen molar-refractivity contribution in [1.29, 1.82) is 5.26 Å². The van der Waals surface area contributed by atoms with E-state index in [0.29, 0.717) is 17.8 Å². The molecule has 1 N–H and O–H groups in total. The van der Waals surface area contributed by atoms with E-state index in [-0.39, 0.29) is 11.9 Å². The van der Waals surface area contributed by atoms with E-state index in [9.17, 15) is 4.39 Å². The average molecular weight is 378 g/mol. The van der Waals surface area contributed by atoms with Crippen molar-refractivity contribution in [2.75, 3.05) is 18.0 Å². The number of piperidine rings is 1. The molecule has 3 aromatic rings. The number of rotatable bonds is 4. The maximum atomic E-state index is 14.4. The zero-order chi connectivity index (χ0) is 19.7. The molecule has 1 aliphatic heterocycles. The molecule has 0 saturated carbocycles. The molecule has 1 unspecified atom stereocenters. The minimum absolute atomic E-state index is 0.273. The van der Waals surface area contributed by atoms with Gasteiger partial charge in [0.25, 0.3) is 0 Å². The summed E-state index contributed by atoms with van der Waals surface area (Å²) in [6, 6.07) is 9.08. The molecule has 1 fully saturated rings. The van der Waals surface area contributed by atoms with Gasteiger partial charge in [-0.25, -0.2) is 9.37 Å². The van der Waals surface area contributed by atoms with Gasteiger partial charge in [0, 0.05) is 44.3 Å². The summed E-state index contributed by atoms with van der Waals surface area (Å²) in [4.78, 5) is 6.59. The van der Waals surface area contributed by atoms with Gasteiger partial charge in [0.2, 0.25) is 0 Å². The first-order valence-electron chi connectivity index (χ1n) is 9.51. The van der Waals surface area contributed by atoms with Crippen molar-refractivity contribution in [2.45, 2.75) is 32.4 Å². The lowest BCUT2D eigenvalue weighted by Crippen LogP contribution is -2.45. The van der Waals surface area contributed by atoms with Crippen molar-refractivity contribution in [3.05, 3.63) is 53.1 Å². The normalized spacial score (nSPS) is 17.1. The molecule has 144 valence electrons. The Kier molecular flexibility index (Phi) is 4.97. The number of anilines is 1. The second-order valence-electron chi connectivity index (χ2n) is 7.37. The molecule has 1 saturated heterocycles. The van der Waals surface area contributed by atoms with Crippen molar-refractivity contribution in [1.82, 2.24) is 20.1 Å². The Balaban J connectivity index is 1.43. The van der Waals surface area contributed by atoms with Gasteiger partial charge in [0.1, 0.15) is 5.82 Å². The van der Waals surface area contributed by atoms with Gasteiger partial charge in [0.05, 0.1) is 23.0 Å². The van der Waals surface area contributed by atoms with Crippen molar-refractivity contribution in [3.63, 3.8) is 0 Å². The average Bonchev–Trinajstić information content (AvgIpc) is 2.99. The number of hydrogen-bond acceptors (Lipinski definition) is 5. The van der Waals surface area contributed by atoms with Crippen LogP contribution in [0.15, 0.2) is 30.5 Å². The zero-order valence-electron chi connectivity index (χ0n) is 16.1. The van der Waals surface area contributed by atoms with E-state index in [0.717, 1.165) is 48.2 Å². The summed E-state index contributed by atoms with van der Waals surface area (Å²) in [6.07, 6.45) is 3.93. The second-order valence-corrected chi connectivity index (χ2v) is 7.37. The number of benzene rings is 1. The van der Waals surface area contributed by atoms with Crippen LogP contribution in [0.1, 0.15) is 29.7 Å². The highest BCUT2D eigenvalue weighted by Gasteiger charge is 2.22. The summed E-state index contributed by atoms with van der Waals surface area (Å²) in [5, 5.41) is 18.0. The maximum Gasteiger partial charge on any atom is 0.157 e. The fourth-order valence-corrected chi connectivity index (χ4v) is 3.91. The number of nitrogens with one attached hydrogen (secondary N) is 1. The number of fused-ring (bicyclic) bond motifs is 1. The van der Waals surface area contributed by atoms with E-state index in [4.69, 9.17) is 5.26 Å². The molecule has 28 heavy (non-hydrogen) atoms. The summed E-state index contributed by atoms with van der Waals surface area (Å²) in [5.74, 6) is -0.332. The highest BCUT2D eigenvalue weighted by Crippen LogP contribution is 2.24. The monoisotopic (exact) mass is 378 g/mol. The highest BCUT2D eigenvalue weighted by atomic mass is 19.1. The Morgan fingerprint density at radius 1 is 1.36 bits per heavy atom. The Morgan fingerprint density at radius 3 is 3.00 bits per heavy atom. The Hall–Kier alpha value is -2.98. The van der Waals surface area contributed by atoms with E-state index in [1.54, 1.807) is 16.8 Å². The number of nitrogens with zero attached hydrogens (tertiary/aromatic N) is 5. The van der Waals surface area contributed by atoms with Crippen LogP contribution < -0.4 is 10.2 Å². The molecule has 3 heterocycles. The summed E-state index contributed by atoms with van der Waals surface area (Å²) in [7, 11) is 1.90. The number of aromatic nitrogens is 3. The molecule has 4 rings (SSSR count). The standard InChI is InChI=1S/C21H23FN6/c1-14-18-8-16(12-25-21(18)27(2)26-14)11-24-17-4-3-7-28(13-17)20-6-5-15(10-23)9-19(20)22/h5-6,8-9,12,17,24H,3-4,7,11,13H2,1-2H3. The van der Waals surface area contributed by atoms with Crippen molar-refractivity contribution in [3.8, 4) is 6.07 Å². The molecule has 2 aromatic heterocycles. The predicted molar refractivity (Wildman–Crippen MR) is 106 cm³/mol. The molecule has 6 nitrogen and oxygen atoms in total. The van der Waals surface area contributed by atoms with Crippen LogP contribution in [0.25, 0.3) is 11.0 Å². The maximum absolute atomic E-state index is 14.4. The molecule has 1 aliphatic rings. The highest BCUT2D eigenvalue weighted by molar-refractivity contribution is 5.78.